The van der Waals surface area contributed by atoms with Gasteiger partial charge in [0.05, 0.1) is 88.2 Å². The highest BCUT2D eigenvalue weighted by molar-refractivity contribution is 5.99. The lowest BCUT2D eigenvalue weighted by molar-refractivity contribution is 0.0489. The number of primary amides is 2. The third-order valence-corrected chi connectivity index (χ3v) is 16.4. The van der Waals surface area contributed by atoms with Gasteiger partial charge in [0.2, 0.25) is 0 Å². The molecule has 1 aromatic carbocycles. The van der Waals surface area contributed by atoms with Gasteiger partial charge in [-0.3, -0.25) is 28.4 Å². The van der Waals surface area contributed by atoms with Gasteiger partial charge in [-0.25, -0.2) is 14.8 Å². The zero-order chi connectivity index (χ0) is 63.7. The number of alkyl carbamates (subject to hydrolysis) is 1. The lowest BCUT2D eigenvalue weighted by atomic mass is 9.96. The second-order valence-corrected chi connectivity index (χ2v) is 24.3. The highest BCUT2D eigenvalue weighted by atomic mass is 16.6. The van der Waals surface area contributed by atoms with Crippen molar-refractivity contribution in [1.82, 2.24) is 54.9 Å². The number of carbonyl (C=O) groups excluding carboxylic acids is 4. The van der Waals surface area contributed by atoms with Gasteiger partial charge in [-0.1, -0.05) is 18.7 Å². The largest absolute Gasteiger partial charge is 0.444 e. The number of aromatic nitrogens is 9. The molecule has 1 aliphatic carbocycles. The Balaban J connectivity index is 0.000000161. The molecule has 4 amide bonds. The number of anilines is 9. The summed E-state index contributed by atoms with van der Waals surface area (Å²) in [5, 5.41) is 28.3. The molecule has 9 heterocycles. The lowest BCUT2D eigenvalue weighted by Gasteiger charge is -2.41. The van der Waals surface area contributed by atoms with Crippen LogP contribution in [0.15, 0.2) is 98.2 Å². The van der Waals surface area contributed by atoms with Gasteiger partial charge in [-0.05, 0) is 135 Å². The third-order valence-electron chi connectivity index (χ3n) is 16.4. The van der Waals surface area contributed by atoms with Crippen molar-refractivity contribution in [2.24, 2.45) is 38.3 Å². The minimum Gasteiger partial charge on any atom is -0.444 e. The van der Waals surface area contributed by atoms with E-state index >= 15 is 0 Å². The molecule has 0 bridgehead atoms. The third kappa shape index (κ3) is 16.5. The van der Waals surface area contributed by atoms with Crippen LogP contribution in [0.1, 0.15) is 136 Å². The van der Waals surface area contributed by atoms with Gasteiger partial charge in [0.1, 0.15) is 11.8 Å². The molecule has 4 aliphatic rings. The Morgan fingerprint density at radius 2 is 1.01 bits per heavy atom. The van der Waals surface area contributed by atoms with Crippen LogP contribution < -0.4 is 58.5 Å². The number of rotatable bonds is 15. The lowest BCUT2D eigenvalue weighted by Crippen LogP contribution is -2.54. The highest BCUT2D eigenvalue weighted by Crippen LogP contribution is 2.40. The number of nitrogens with two attached hydrogens (primary N) is 3. The van der Waals surface area contributed by atoms with Crippen molar-refractivity contribution in [1.29, 1.82) is 0 Å². The van der Waals surface area contributed by atoms with E-state index < -0.39 is 23.5 Å². The van der Waals surface area contributed by atoms with Crippen LogP contribution >= 0.6 is 0 Å². The summed E-state index contributed by atoms with van der Waals surface area (Å²) in [5.74, 6) is -0.252. The van der Waals surface area contributed by atoms with Gasteiger partial charge >= 0.3 is 6.09 Å². The number of nitrogens with zero attached hydrogens (tertiary/aromatic N) is 13. The second-order valence-electron chi connectivity index (χ2n) is 24.3. The zero-order valence-electron chi connectivity index (χ0n) is 52.1. The second kappa shape index (κ2) is 27.9. The van der Waals surface area contributed by atoms with Crippen molar-refractivity contribution in [2.45, 2.75) is 141 Å². The molecule has 11 N–H and O–H groups in total. The number of aryl methyl sites for hydroxylation is 3. The van der Waals surface area contributed by atoms with E-state index in [9.17, 15) is 19.2 Å². The van der Waals surface area contributed by atoms with Crippen LogP contribution in [0.2, 0.25) is 0 Å². The molecule has 26 heteroatoms. The normalized spacial score (nSPS) is 19.9. The van der Waals surface area contributed by atoms with E-state index in [4.69, 9.17) is 28.5 Å². The maximum absolute atomic E-state index is 13.0. The Bertz CT molecular complexity index is 3660. The minimum atomic E-state index is -0.604. The molecule has 0 radical (unpaired) electrons. The molecule has 0 spiro atoms. The van der Waals surface area contributed by atoms with Crippen molar-refractivity contribution in [3.8, 4) is 0 Å². The summed E-state index contributed by atoms with van der Waals surface area (Å²) in [6.45, 7) is 21.9. The van der Waals surface area contributed by atoms with E-state index in [1.165, 1.54) is 18.4 Å². The molecule has 470 valence electrons. The summed E-state index contributed by atoms with van der Waals surface area (Å²) in [7, 11) is 5.48. The molecular weight excluding hydrogens is 1130 g/mol. The maximum atomic E-state index is 13.0. The fraction of sp³-hybridized carbons (Fsp3) is 0.444. The number of piperidine rings is 3. The average molecular weight is 1210 g/mol. The van der Waals surface area contributed by atoms with E-state index in [1.54, 1.807) is 51.2 Å². The van der Waals surface area contributed by atoms with E-state index in [1.807, 2.05) is 90.8 Å². The van der Waals surface area contributed by atoms with Crippen LogP contribution in [-0.2, 0) is 25.9 Å². The first-order valence-electron chi connectivity index (χ1n) is 30.2. The Morgan fingerprint density at radius 3 is 1.44 bits per heavy atom. The minimum absolute atomic E-state index is 0.00934. The van der Waals surface area contributed by atoms with Gasteiger partial charge in [-0.15, -0.1) is 4.98 Å². The molecule has 0 unspecified atom stereocenters. The smallest absolute Gasteiger partial charge is 0.407 e. The first-order chi connectivity index (χ1) is 42.5. The number of amides is 4. The van der Waals surface area contributed by atoms with Gasteiger partial charge in [-0.2, -0.15) is 15.3 Å². The average Bonchev–Trinajstić information content (AvgIpc) is 1.77. The molecule has 7 aromatic rings. The van der Waals surface area contributed by atoms with Crippen LogP contribution in [0.5, 0.6) is 0 Å². The number of hydrogen-bond acceptors (Lipinski definition) is 18. The number of benzene rings is 1. The van der Waals surface area contributed by atoms with Crippen LogP contribution in [0.3, 0.4) is 0 Å². The molecule has 3 aliphatic heterocycles. The Labute approximate surface area is 519 Å². The Morgan fingerprint density at radius 1 is 0.584 bits per heavy atom. The molecule has 1 saturated carbocycles. The van der Waals surface area contributed by atoms with Gasteiger partial charge in [0.15, 0.2) is 11.4 Å². The maximum Gasteiger partial charge on any atom is 0.407 e. The van der Waals surface area contributed by atoms with Gasteiger partial charge < -0.3 is 68.1 Å². The predicted molar refractivity (Wildman–Crippen MR) is 344 cm³/mol. The number of pyridine rings is 3. The summed E-state index contributed by atoms with van der Waals surface area (Å²) >= 11 is 0. The van der Waals surface area contributed by atoms with E-state index in [0.29, 0.717) is 34.4 Å². The van der Waals surface area contributed by atoms with E-state index in [-0.39, 0.29) is 53.5 Å². The zero-order valence-corrected chi connectivity index (χ0v) is 52.1. The summed E-state index contributed by atoms with van der Waals surface area (Å²) < 4.78 is 10.5. The first-order valence-corrected chi connectivity index (χ1v) is 30.2. The summed E-state index contributed by atoms with van der Waals surface area (Å²) in [6, 6.07) is 14.1. The summed E-state index contributed by atoms with van der Waals surface area (Å²) in [6.07, 6.45) is 23.4. The highest BCUT2D eigenvalue weighted by Gasteiger charge is 2.34. The monoisotopic (exact) mass is 1210 g/mol. The standard InChI is InChI=1S/C26H31N7O2.C21H29N7O2.C16H23N7O/c1-16-22(31-26(35)19-9-7-18(8-10-19)17-5-6-17)4-3-11-33(16)21-12-23(24(25(27)34)28-14-21)30-20-13-29-32(2)15-20;1-14-17(26-20(29)30-21(2,3)4)8-7-9-28(14)16-10-18(19(22-5)23-12-16)25-15-11-24-27(6)13-15;1-10-13(17)4-3-5-23(10)12-6-14(15(16(18)24)19-8-12)21-11-7-20-22(2)9-11/h7-10,12-17,22,30H,3-6,11H2,1-2H3,(H2,27,34)(H,31,35);10-14,17,25H,7-9H2,1-4,6H3,(H,26,29);6-10,13,21H,3-5,17H2,1-2H3,(H2,18,24)/t16-,22-;14-,17-;10-,13-/m111/s1. The molecule has 6 atom stereocenters. The Kier molecular flexibility index (Phi) is 20.0. The summed E-state index contributed by atoms with van der Waals surface area (Å²) in [4.78, 5) is 72.0. The predicted octanol–water partition coefficient (Wildman–Crippen LogP) is 8.29. The molecule has 89 heavy (non-hydrogen) atoms. The fourth-order valence-corrected chi connectivity index (χ4v) is 11.5. The van der Waals surface area contributed by atoms with Crippen LogP contribution in [0.25, 0.3) is 4.85 Å². The fourth-order valence-electron chi connectivity index (χ4n) is 11.5. The quantitative estimate of drug-likeness (QED) is 0.0448. The van der Waals surface area contributed by atoms with E-state index in [0.717, 1.165) is 92.3 Å². The molecule has 11 rings (SSSR count). The van der Waals surface area contributed by atoms with Crippen LogP contribution in [0.4, 0.5) is 61.8 Å². The first kappa shape index (κ1) is 63.7. The van der Waals surface area contributed by atoms with E-state index in [2.05, 4.69) is 109 Å². The number of carbonyl (C=O) groups is 4. The molecular formula is C63H83N21O5. The van der Waals surface area contributed by atoms with Gasteiger partial charge in [0.25, 0.3) is 23.5 Å². The van der Waals surface area contributed by atoms with Crippen molar-refractivity contribution in [3.63, 3.8) is 0 Å². The molecule has 26 nitrogen and oxygen atoms in total. The van der Waals surface area contributed by atoms with Crippen molar-refractivity contribution in [2.75, 3.05) is 50.3 Å². The van der Waals surface area contributed by atoms with Gasteiger partial charge in [0, 0.05) is 95.1 Å². The SMILES string of the molecule is C[C@@H]1[C@H](N)CCCN1c1cnc(C(N)=O)c(Nc2cnn(C)c2)c1.C[C@@H]1[C@H](NC(=O)c2ccc(C3CC3)cc2)CCCN1c1cnc(C(N)=O)c(Nc2cnn(C)c2)c1.[C-]#[N+]c1ncc(N2CCC[C@@H](NC(=O)OC(C)(C)C)[C@H]2C)cc1Nc1cnn(C)c1. The van der Waals surface area contributed by atoms with Crippen LogP contribution in [-0.4, -0.2) is 130 Å². The molecule has 4 fully saturated rings. The number of ether oxygens (including phenoxy) is 1. The van der Waals surface area contributed by atoms with Crippen LogP contribution in [0, 0.1) is 6.57 Å². The number of nitrogens with one attached hydrogen (secondary N) is 5. The Hall–Kier alpha value is -9.77. The summed E-state index contributed by atoms with van der Waals surface area (Å²) in [5.41, 5.74) is 25.8. The topological polar surface area (TPSA) is 322 Å². The number of hydrogen-bond donors (Lipinski definition) is 8. The van der Waals surface area contributed by atoms with Crippen molar-refractivity contribution in [3.05, 3.63) is 132 Å². The van der Waals surface area contributed by atoms with Crippen molar-refractivity contribution >= 4 is 80.8 Å². The molecule has 3 saturated heterocycles. The van der Waals surface area contributed by atoms with Crippen molar-refractivity contribution < 1.29 is 23.9 Å². The molecule has 6 aromatic heterocycles.